The van der Waals surface area contributed by atoms with Gasteiger partial charge in [-0.25, -0.2) is 0 Å². The number of morpholine rings is 1. The van der Waals surface area contributed by atoms with Crippen LogP contribution in [0.4, 0.5) is 0 Å². The van der Waals surface area contributed by atoms with Crippen LogP contribution in [0.2, 0.25) is 0 Å². The quantitative estimate of drug-likeness (QED) is 0.687. The van der Waals surface area contributed by atoms with E-state index in [0.717, 1.165) is 6.42 Å². The zero-order chi connectivity index (χ0) is 15.0. The first kappa shape index (κ1) is 16.9. The molecule has 0 aromatic heterocycles. The van der Waals surface area contributed by atoms with Gasteiger partial charge in [0.2, 0.25) is 5.91 Å². The van der Waals surface area contributed by atoms with Crippen molar-refractivity contribution in [2.24, 2.45) is 5.92 Å². The van der Waals surface area contributed by atoms with Gasteiger partial charge in [-0.2, -0.15) is 0 Å². The Balaban J connectivity index is 2.55. The third-order valence-corrected chi connectivity index (χ3v) is 3.29. The first-order valence-corrected chi connectivity index (χ1v) is 7.36. The number of ether oxygens (including phenoxy) is 2. The van der Waals surface area contributed by atoms with Gasteiger partial charge in [-0.3, -0.25) is 14.5 Å². The van der Waals surface area contributed by atoms with Gasteiger partial charge >= 0.3 is 5.97 Å². The maximum atomic E-state index is 12.1. The molecule has 0 saturated carbocycles. The maximum Gasteiger partial charge on any atom is 0.309 e. The smallest absolute Gasteiger partial charge is 0.309 e. The van der Waals surface area contributed by atoms with E-state index in [9.17, 15) is 9.59 Å². The second-order valence-electron chi connectivity index (χ2n) is 5.03. The zero-order valence-electron chi connectivity index (χ0n) is 12.7. The molecule has 1 N–H and O–H groups in total. The van der Waals surface area contributed by atoms with Gasteiger partial charge in [0.15, 0.2) is 0 Å². The van der Waals surface area contributed by atoms with Crippen molar-refractivity contribution in [2.45, 2.75) is 33.2 Å². The summed E-state index contributed by atoms with van der Waals surface area (Å²) in [7, 11) is 0. The lowest BCUT2D eigenvalue weighted by atomic mass is 10.1. The summed E-state index contributed by atoms with van der Waals surface area (Å²) in [6, 6.07) is -0.313. The van der Waals surface area contributed by atoms with Crippen LogP contribution in [0.1, 0.15) is 27.2 Å². The van der Waals surface area contributed by atoms with E-state index in [4.69, 9.17) is 9.47 Å². The van der Waals surface area contributed by atoms with Crippen molar-refractivity contribution in [3.8, 4) is 0 Å². The highest BCUT2D eigenvalue weighted by Crippen LogP contribution is 2.11. The molecule has 1 saturated heterocycles. The lowest BCUT2D eigenvalue weighted by Gasteiger charge is -2.35. The number of hydrogen-bond acceptors (Lipinski definition) is 5. The molecular weight excluding hydrogens is 260 g/mol. The Bertz CT molecular complexity index is 322. The number of hydrogen-bond donors (Lipinski definition) is 1. The molecule has 1 rings (SSSR count). The van der Waals surface area contributed by atoms with Crippen molar-refractivity contribution < 1.29 is 19.1 Å². The normalized spacial score (nSPS) is 21.2. The Morgan fingerprint density at radius 2 is 2.20 bits per heavy atom. The molecule has 0 aliphatic carbocycles. The first-order chi connectivity index (χ1) is 9.60. The topological polar surface area (TPSA) is 67.9 Å². The summed E-state index contributed by atoms with van der Waals surface area (Å²) >= 11 is 0. The Kier molecular flexibility index (Phi) is 7.54. The van der Waals surface area contributed by atoms with Crippen LogP contribution in [-0.4, -0.2) is 62.3 Å². The van der Waals surface area contributed by atoms with Crippen LogP contribution in [-0.2, 0) is 19.1 Å². The van der Waals surface area contributed by atoms with Crippen LogP contribution in [0.3, 0.4) is 0 Å². The number of rotatable bonds is 7. The summed E-state index contributed by atoms with van der Waals surface area (Å²) in [5.74, 6) is -0.483. The van der Waals surface area contributed by atoms with Crippen LogP contribution in [0.5, 0.6) is 0 Å². The van der Waals surface area contributed by atoms with Gasteiger partial charge in [-0.05, 0) is 13.3 Å². The average Bonchev–Trinajstić information content (AvgIpc) is 2.45. The summed E-state index contributed by atoms with van der Waals surface area (Å²) in [5.41, 5.74) is 0. The molecule has 20 heavy (non-hydrogen) atoms. The molecule has 6 nitrogen and oxygen atoms in total. The Labute approximate surface area is 120 Å². The number of amides is 1. The van der Waals surface area contributed by atoms with E-state index in [2.05, 4.69) is 5.32 Å². The number of nitrogens with zero attached hydrogens (tertiary/aromatic N) is 1. The molecule has 1 fully saturated rings. The minimum Gasteiger partial charge on any atom is -0.466 e. The molecule has 2 unspecified atom stereocenters. The van der Waals surface area contributed by atoms with Crippen molar-refractivity contribution >= 4 is 11.9 Å². The van der Waals surface area contributed by atoms with Crippen LogP contribution < -0.4 is 5.32 Å². The number of carbonyl (C=O) groups excluding carboxylic acids is 2. The molecule has 0 aromatic rings. The van der Waals surface area contributed by atoms with Gasteiger partial charge in [0.25, 0.3) is 0 Å². The third kappa shape index (κ3) is 5.09. The Morgan fingerprint density at radius 1 is 1.45 bits per heavy atom. The van der Waals surface area contributed by atoms with Gasteiger partial charge in [0.1, 0.15) is 6.04 Å². The van der Waals surface area contributed by atoms with Gasteiger partial charge in [-0.15, -0.1) is 0 Å². The lowest BCUT2D eigenvalue weighted by molar-refractivity contribution is -0.150. The van der Waals surface area contributed by atoms with Crippen molar-refractivity contribution in [3.63, 3.8) is 0 Å². The summed E-state index contributed by atoms with van der Waals surface area (Å²) in [6.07, 6.45) is 0.901. The van der Waals surface area contributed by atoms with Crippen molar-refractivity contribution in [1.29, 1.82) is 0 Å². The van der Waals surface area contributed by atoms with E-state index in [0.29, 0.717) is 39.5 Å². The molecule has 1 amide bonds. The molecule has 0 spiro atoms. The number of nitrogens with one attached hydrogen (secondary N) is 1. The monoisotopic (exact) mass is 286 g/mol. The molecule has 1 heterocycles. The van der Waals surface area contributed by atoms with Crippen LogP contribution >= 0.6 is 0 Å². The molecule has 0 radical (unpaired) electrons. The van der Waals surface area contributed by atoms with E-state index >= 15 is 0 Å². The SMILES string of the molecule is CCCNC(=O)C1COCCN1CC(C)C(=O)OCC. The highest BCUT2D eigenvalue weighted by Gasteiger charge is 2.31. The standard InChI is InChI=1S/C14H26N2O4/c1-4-6-15-13(17)12-10-19-8-7-16(12)9-11(3)14(18)20-5-2/h11-12H,4-10H2,1-3H3,(H,15,17). The molecule has 0 aromatic carbocycles. The zero-order valence-corrected chi connectivity index (χ0v) is 12.7. The van der Waals surface area contributed by atoms with E-state index < -0.39 is 0 Å². The molecule has 1 aliphatic rings. The minimum absolute atomic E-state index is 0.0254. The molecule has 0 bridgehead atoms. The van der Waals surface area contributed by atoms with Gasteiger partial charge < -0.3 is 14.8 Å². The van der Waals surface area contributed by atoms with E-state index in [1.807, 2.05) is 18.7 Å². The van der Waals surface area contributed by atoms with Gasteiger partial charge in [-0.1, -0.05) is 13.8 Å². The number of esters is 1. The predicted molar refractivity (Wildman–Crippen MR) is 75.3 cm³/mol. The Morgan fingerprint density at radius 3 is 2.85 bits per heavy atom. The van der Waals surface area contributed by atoms with Crippen LogP contribution in [0.15, 0.2) is 0 Å². The average molecular weight is 286 g/mol. The van der Waals surface area contributed by atoms with Gasteiger partial charge in [0.05, 0.1) is 25.7 Å². The van der Waals surface area contributed by atoms with E-state index in [1.54, 1.807) is 6.92 Å². The third-order valence-electron chi connectivity index (χ3n) is 3.29. The molecule has 2 atom stereocenters. The van der Waals surface area contributed by atoms with Crippen molar-refractivity contribution in [3.05, 3.63) is 0 Å². The first-order valence-electron chi connectivity index (χ1n) is 7.36. The summed E-state index contributed by atoms with van der Waals surface area (Å²) < 4.78 is 10.4. The van der Waals surface area contributed by atoms with E-state index in [-0.39, 0.29) is 23.8 Å². The largest absolute Gasteiger partial charge is 0.466 e. The van der Waals surface area contributed by atoms with E-state index in [1.165, 1.54) is 0 Å². The predicted octanol–water partition coefficient (Wildman–Crippen LogP) is 0.413. The summed E-state index contributed by atoms with van der Waals surface area (Å²) in [6.45, 7) is 8.83. The molecule has 116 valence electrons. The Hall–Kier alpha value is -1.14. The maximum absolute atomic E-state index is 12.1. The summed E-state index contributed by atoms with van der Waals surface area (Å²) in [4.78, 5) is 25.8. The fraction of sp³-hybridized carbons (Fsp3) is 0.857. The molecule has 6 heteroatoms. The minimum atomic E-state index is -0.313. The van der Waals surface area contributed by atoms with Crippen LogP contribution in [0.25, 0.3) is 0 Å². The number of carbonyl (C=O) groups is 2. The highest BCUT2D eigenvalue weighted by atomic mass is 16.5. The lowest BCUT2D eigenvalue weighted by Crippen LogP contribution is -2.55. The second kappa shape index (κ2) is 8.92. The summed E-state index contributed by atoms with van der Waals surface area (Å²) in [5, 5.41) is 2.88. The van der Waals surface area contributed by atoms with Crippen molar-refractivity contribution in [1.82, 2.24) is 10.2 Å². The van der Waals surface area contributed by atoms with Crippen LogP contribution in [0, 0.1) is 5.92 Å². The highest BCUT2D eigenvalue weighted by molar-refractivity contribution is 5.82. The van der Waals surface area contributed by atoms with Crippen molar-refractivity contribution in [2.75, 3.05) is 39.5 Å². The fourth-order valence-corrected chi connectivity index (χ4v) is 2.17. The molecule has 1 aliphatic heterocycles. The fourth-order valence-electron chi connectivity index (χ4n) is 2.17. The molecular formula is C14H26N2O4. The second-order valence-corrected chi connectivity index (χ2v) is 5.03. The van der Waals surface area contributed by atoms with Gasteiger partial charge in [0, 0.05) is 19.6 Å².